The van der Waals surface area contributed by atoms with Gasteiger partial charge in [-0.2, -0.15) is 0 Å². The minimum Gasteiger partial charge on any atom is -0.462 e. The van der Waals surface area contributed by atoms with Crippen molar-refractivity contribution in [3.63, 3.8) is 0 Å². The van der Waals surface area contributed by atoms with Crippen LogP contribution in [-0.2, 0) is 23.1 Å². The van der Waals surface area contributed by atoms with Gasteiger partial charge >= 0.3 is 13.7 Å². The van der Waals surface area contributed by atoms with Crippen molar-refractivity contribution in [1.29, 1.82) is 0 Å². The first kappa shape index (κ1) is 20.6. The first-order chi connectivity index (χ1) is 9.46. The molecule has 0 aliphatic rings. The van der Waals surface area contributed by atoms with E-state index in [0.717, 1.165) is 0 Å². The summed E-state index contributed by atoms with van der Waals surface area (Å²) in [5, 5.41) is 2.73. The molecule has 0 aromatic carbocycles. The maximum absolute atomic E-state index is 12.8. The van der Waals surface area contributed by atoms with Gasteiger partial charge in [0.1, 0.15) is 6.04 Å². The molecule has 0 radical (unpaired) electrons. The molecule has 0 fully saturated rings. The van der Waals surface area contributed by atoms with Gasteiger partial charge in [-0.05, 0) is 47.5 Å². The third-order valence-electron chi connectivity index (χ3n) is 2.27. The van der Waals surface area contributed by atoms with Crippen LogP contribution in [0.1, 0.15) is 55.4 Å². The summed E-state index contributed by atoms with van der Waals surface area (Å²) in [5.41, 5.74) is 0. The summed E-state index contributed by atoms with van der Waals surface area (Å²) in [6.45, 7) is 14.3. The first-order valence-electron chi connectivity index (χ1n) is 7.42. The van der Waals surface area contributed by atoms with Crippen LogP contribution in [-0.4, -0.2) is 30.3 Å². The van der Waals surface area contributed by atoms with Crippen molar-refractivity contribution in [3.8, 4) is 0 Å². The molecule has 0 aliphatic carbocycles. The molecule has 0 heterocycles. The molecule has 0 saturated heterocycles. The molecule has 0 saturated carbocycles. The summed E-state index contributed by atoms with van der Waals surface area (Å²) < 4.78 is 28.8. The minimum atomic E-state index is -3.59. The van der Waals surface area contributed by atoms with E-state index in [2.05, 4.69) is 5.09 Å². The van der Waals surface area contributed by atoms with Crippen LogP contribution in [0.15, 0.2) is 0 Å². The minimum absolute atomic E-state index is 0.115. The Morgan fingerprint density at radius 3 is 1.57 bits per heavy atom. The summed E-state index contributed by atoms with van der Waals surface area (Å²) in [6, 6.07) is -0.754. The molecule has 1 N–H and O–H groups in total. The lowest BCUT2D eigenvalue weighted by atomic mass is 10.1. The second kappa shape index (κ2) is 8.89. The number of carbonyl (C=O) groups excluding carboxylic acids is 1. The third-order valence-corrected chi connectivity index (χ3v) is 4.26. The van der Waals surface area contributed by atoms with Gasteiger partial charge in [0.2, 0.25) is 0 Å². The van der Waals surface area contributed by atoms with E-state index in [1.807, 2.05) is 13.8 Å². The van der Waals surface area contributed by atoms with E-state index in [9.17, 15) is 9.36 Å². The predicted molar refractivity (Wildman–Crippen MR) is 83.0 cm³/mol. The van der Waals surface area contributed by atoms with Crippen LogP contribution in [0, 0.1) is 5.92 Å². The maximum Gasteiger partial charge on any atom is 0.406 e. The average molecular weight is 323 g/mol. The highest BCUT2D eigenvalue weighted by Crippen LogP contribution is 2.47. The molecule has 21 heavy (non-hydrogen) atoms. The largest absolute Gasteiger partial charge is 0.462 e. The van der Waals surface area contributed by atoms with E-state index in [4.69, 9.17) is 13.8 Å². The van der Waals surface area contributed by atoms with Gasteiger partial charge in [0.15, 0.2) is 0 Å². The van der Waals surface area contributed by atoms with Crippen molar-refractivity contribution in [1.82, 2.24) is 5.09 Å². The highest BCUT2D eigenvalue weighted by Gasteiger charge is 2.36. The van der Waals surface area contributed by atoms with Crippen molar-refractivity contribution in [2.24, 2.45) is 5.92 Å². The third kappa shape index (κ3) is 8.57. The molecule has 126 valence electrons. The van der Waals surface area contributed by atoms with E-state index >= 15 is 0 Å². The van der Waals surface area contributed by atoms with Gasteiger partial charge in [0.25, 0.3) is 0 Å². The quantitative estimate of drug-likeness (QED) is 0.517. The Balaban J connectivity index is 5.13. The summed E-state index contributed by atoms with van der Waals surface area (Å²) in [5.74, 6) is -0.573. The fourth-order valence-corrected chi connectivity index (χ4v) is 3.62. The van der Waals surface area contributed by atoms with Crippen LogP contribution in [0.3, 0.4) is 0 Å². The normalized spacial score (nSPS) is 14.3. The van der Waals surface area contributed by atoms with Gasteiger partial charge in [-0.1, -0.05) is 13.8 Å². The number of hydrogen-bond donors (Lipinski definition) is 1. The molecular formula is C14H30NO5P. The monoisotopic (exact) mass is 323 g/mol. The number of carbonyl (C=O) groups is 1. The predicted octanol–water partition coefficient (Wildman–Crippen LogP) is 3.51. The number of nitrogens with one attached hydrogen (secondary N) is 1. The molecule has 0 bridgehead atoms. The zero-order valence-corrected chi connectivity index (χ0v) is 15.3. The van der Waals surface area contributed by atoms with Crippen molar-refractivity contribution in [2.75, 3.05) is 0 Å². The van der Waals surface area contributed by atoms with Gasteiger partial charge in [-0.3, -0.25) is 13.8 Å². The maximum atomic E-state index is 12.8. The Morgan fingerprint density at radius 1 is 0.857 bits per heavy atom. The number of ether oxygens (including phenoxy) is 1. The average Bonchev–Trinajstić information content (AvgIpc) is 2.21. The molecule has 1 unspecified atom stereocenters. The summed E-state index contributed by atoms with van der Waals surface area (Å²) >= 11 is 0. The number of esters is 1. The SMILES string of the molecule is CC(C)OC(=O)C(NP(=O)(OC(C)C)OC(C)C)C(C)C. The van der Waals surface area contributed by atoms with Crippen LogP contribution in [0.25, 0.3) is 0 Å². The highest BCUT2D eigenvalue weighted by atomic mass is 31.2. The van der Waals surface area contributed by atoms with Crippen molar-refractivity contribution in [2.45, 2.75) is 79.7 Å². The lowest BCUT2D eigenvalue weighted by Crippen LogP contribution is -2.42. The van der Waals surface area contributed by atoms with E-state index in [0.29, 0.717) is 0 Å². The van der Waals surface area contributed by atoms with Crippen LogP contribution in [0.4, 0.5) is 0 Å². The van der Waals surface area contributed by atoms with Gasteiger partial charge in [0, 0.05) is 0 Å². The Kier molecular flexibility index (Phi) is 8.71. The molecule has 0 amide bonds. The number of rotatable bonds is 9. The Hall–Kier alpha value is -0.420. The van der Waals surface area contributed by atoms with Crippen LogP contribution in [0.5, 0.6) is 0 Å². The fraction of sp³-hybridized carbons (Fsp3) is 0.929. The van der Waals surface area contributed by atoms with Crippen LogP contribution >= 0.6 is 7.75 Å². The second-order valence-electron chi connectivity index (χ2n) is 6.14. The standard InChI is InChI=1S/C14H30NO5P/c1-9(2)13(14(16)18-10(3)4)15-21(17,19-11(5)6)20-12(7)8/h9-13H,1-8H3,(H,15,17). The summed E-state index contributed by atoms with van der Waals surface area (Å²) in [4.78, 5) is 12.1. The second-order valence-corrected chi connectivity index (χ2v) is 7.82. The number of hydrogen-bond acceptors (Lipinski definition) is 5. The Labute approximate surface area is 128 Å². The van der Waals surface area contributed by atoms with Gasteiger partial charge in [-0.15, -0.1) is 0 Å². The molecular weight excluding hydrogens is 293 g/mol. The van der Waals surface area contributed by atoms with Crippen molar-refractivity contribution < 1.29 is 23.1 Å². The van der Waals surface area contributed by atoms with Crippen molar-refractivity contribution in [3.05, 3.63) is 0 Å². The lowest BCUT2D eigenvalue weighted by Gasteiger charge is -2.29. The lowest BCUT2D eigenvalue weighted by molar-refractivity contribution is -0.150. The summed E-state index contributed by atoms with van der Waals surface area (Å²) in [7, 11) is -3.59. The van der Waals surface area contributed by atoms with Gasteiger partial charge in [0.05, 0.1) is 18.3 Å². The van der Waals surface area contributed by atoms with E-state index < -0.39 is 19.8 Å². The van der Waals surface area contributed by atoms with Crippen LogP contribution < -0.4 is 5.09 Å². The molecule has 0 spiro atoms. The highest BCUT2D eigenvalue weighted by molar-refractivity contribution is 7.51. The van der Waals surface area contributed by atoms with Crippen molar-refractivity contribution >= 4 is 13.7 Å². The van der Waals surface area contributed by atoms with E-state index in [-0.39, 0.29) is 24.2 Å². The first-order valence-corrected chi connectivity index (χ1v) is 8.96. The van der Waals surface area contributed by atoms with Gasteiger partial charge in [-0.25, -0.2) is 9.65 Å². The topological polar surface area (TPSA) is 73.9 Å². The van der Waals surface area contributed by atoms with Gasteiger partial charge < -0.3 is 4.74 Å². The molecule has 0 aliphatic heterocycles. The van der Waals surface area contributed by atoms with Crippen LogP contribution in [0.2, 0.25) is 0 Å². The molecule has 1 atom stereocenters. The molecule has 7 heteroatoms. The summed E-state index contributed by atoms with van der Waals surface area (Å²) in [6.07, 6.45) is -0.830. The zero-order valence-electron chi connectivity index (χ0n) is 14.4. The van der Waals surface area contributed by atoms with E-state index in [1.165, 1.54) is 0 Å². The smallest absolute Gasteiger partial charge is 0.406 e. The fourth-order valence-electron chi connectivity index (χ4n) is 1.59. The molecule has 0 aromatic rings. The zero-order chi connectivity index (χ0) is 16.8. The molecule has 0 aromatic heterocycles. The van der Waals surface area contributed by atoms with E-state index in [1.54, 1.807) is 41.5 Å². The Morgan fingerprint density at radius 2 is 1.29 bits per heavy atom. The Bertz CT molecular complexity index is 354. The molecule has 6 nitrogen and oxygen atoms in total. The molecule has 0 rings (SSSR count).